The quantitative estimate of drug-likeness (QED) is 0.837. The van der Waals surface area contributed by atoms with Crippen LogP contribution in [0.1, 0.15) is 31.4 Å². The molecule has 1 aliphatic heterocycles. The lowest BCUT2D eigenvalue weighted by Crippen LogP contribution is -2.49. The van der Waals surface area contributed by atoms with Crippen LogP contribution in [-0.4, -0.2) is 50.1 Å². The number of hydrogen-bond donors (Lipinski definition) is 0. The second kappa shape index (κ2) is 6.85. The highest BCUT2D eigenvalue weighted by Crippen LogP contribution is 2.26. The third kappa shape index (κ3) is 4.02. The zero-order valence-corrected chi connectivity index (χ0v) is 13.4. The summed E-state index contributed by atoms with van der Waals surface area (Å²) in [5, 5.41) is 0. The summed E-state index contributed by atoms with van der Waals surface area (Å²) in [5.74, 6) is -0.0618. The van der Waals surface area contributed by atoms with Gasteiger partial charge in [-0.2, -0.15) is 4.31 Å². The minimum Gasteiger partial charge on any atom is -0.297 e. The second-order valence-electron chi connectivity index (χ2n) is 5.58. The van der Waals surface area contributed by atoms with Crippen LogP contribution in [0.3, 0.4) is 0 Å². The van der Waals surface area contributed by atoms with Gasteiger partial charge >= 0.3 is 0 Å². The van der Waals surface area contributed by atoms with Crippen LogP contribution >= 0.6 is 0 Å². The Morgan fingerprint density at radius 2 is 1.90 bits per heavy atom. The van der Waals surface area contributed by atoms with Crippen LogP contribution in [0.5, 0.6) is 0 Å². The van der Waals surface area contributed by atoms with Crippen molar-refractivity contribution in [1.29, 1.82) is 0 Å². The molecule has 1 fully saturated rings. The lowest BCUT2D eigenvalue weighted by atomic mass is 10.0. The lowest BCUT2D eigenvalue weighted by molar-refractivity contribution is 0.148. The molecule has 0 bridgehead atoms. The molecule has 1 aromatic rings. The van der Waals surface area contributed by atoms with E-state index >= 15 is 0 Å². The molecule has 4 nitrogen and oxygen atoms in total. The van der Waals surface area contributed by atoms with Gasteiger partial charge in [0.2, 0.25) is 10.0 Å². The maximum atomic E-state index is 13.0. The van der Waals surface area contributed by atoms with Gasteiger partial charge in [0.25, 0.3) is 0 Å². The minimum atomic E-state index is -3.19. The fourth-order valence-corrected chi connectivity index (χ4v) is 4.24. The summed E-state index contributed by atoms with van der Waals surface area (Å²) >= 11 is 0. The molecule has 0 aliphatic carbocycles. The van der Waals surface area contributed by atoms with Crippen molar-refractivity contribution in [2.75, 3.05) is 32.4 Å². The molecule has 0 saturated carbocycles. The van der Waals surface area contributed by atoms with E-state index in [2.05, 4.69) is 4.90 Å². The van der Waals surface area contributed by atoms with Crippen LogP contribution in [0.2, 0.25) is 0 Å². The van der Waals surface area contributed by atoms with Crippen LogP contribution in [0.15, 0.2) is 24.3 Å². The normalized spacial score (nSPS) is 21.6. The number of sulfonamides is 1. The molecule has 1 atom stereocenters. The summed E-state index contributed by atoms with van der Waals surface area (Å²) in [6.45, 7) is 3.64. The summed E-state index contributed by atoms with van der Waals surface area (Å²) in [5.41, 5.74) is 0.953. The molecule has 2 rings (SSSR count). The SMILES string of the molecule is CCCCS(=O)(=O)N1CCN(C)C(c2ccc(F)cc2)C1. The Hall–Kier alpha value is -0.980. The maximum absolute atomic E-state index is 13.0. The van der Waals surface area contributed by atoms with Gasteiger partial charge < -0.3 is 0 Å². The highest BCUT2D eigenvalue weighted by atomic mass is 32.2. The first-order valence-electron chi connectivity index (χ1n) is 7.37. The lowest BCUT2D eigenvalue weighted by Gasteiger charge is -2.39. The average Bonchev–Trinajstić information content (AvgIpc) is 2.46. The van der Waals surface area contributed by atoms with Crippen LogP contribution in [-0.2, 0) is 10.0 Å². The topological polar surface area (TPSA) is 40.6 Å². The van der Waals surface area contributed by atoms with Crippen molar-refractivity contribution >= 4 is 10.0 Å². The van der Waals surface area contributed by atoms with E-state index in [4.69, 9.17) is 0 Å². The zero-order valence-electron chi connectivity index (χ0n) is 12.6. The van der Waals surface area contributed by atoms with Gasteiger partial charge in [0.05, 0.1) is 5.75 Å². The molecule has 0 aromatic heterocycles. The summed E-state index contributed by atoms with van der Waals surface area (Å²) in [6, 6.07) is 6.30. The zero-order chi connectivity index (χ0) is 15.5. The fraction of sp³-hybridized carbons (Fsp3) is 0.600. The molecule has 21 heavy (non-hydrogen) atoms. The highest BCUT2D eigenvalue weighted by molar-refractivity contribution is 7.89. The summed E-state index contributed by atoms with van der Waals surface area (Å²) in [6.07, 6.45) is 1.56. The highest BCUT2D eigenvalue weighted by Gasteiger charge is 2.31. The van der Waals surface area contributed by atoms with E-state index < -0.39 is 10.0 Å². The van der Waals surface area contributed by atoms with Gasteiger partial charge in [-0.1, -0.05) is 25.5 Å². The molecule has 0 amide bonds. The van der Waals surface area contributed by atoms with Gasteiger partial charge in [0.1, 0.15) is 5.82 Å². The van der Waals surface area contributed by atoms with E-state index in [0.29, 0.717) is 26.1 Å². The van der Waals surface area contributed by atoms with E-state index in [9.17, 15) is 12.8 Å². The van der Waals surface area contributed by atoms with E-state index in [1.165, 1.54) is 12.1 Å². The number of rotatable bonds is 5. The monoisotopic (exact) mass is 314 g/mol. The van der Waals surface area contributed by atoms with Crippen molar-refractivity contribution < 1.29 is 12.8 Å². The predicted molar refractivity (Wildman–Crippen MR) is 82.0 cm³/mol. The van der Waals surface area contributed by atoms with Crippen molar-refractivity contribution in [3.63, 3.8) is 0 Å². The van der Waals surface area contributed by atoms with Crippen molar-refractivity contribution in [3.8, 4) is 0 Å². The predicted octanol–water partition coefficient (Wildman–Crippen LogP) is 2.24. The van der Waals surface area contributed by atoms with Gasteiger partial charge in [-0.05, 0) is 31.2 Å². The molecular weight excluding hydrogens is 291 g/mol. The number of piperazine rings is 1. The first-order chi connectivity index (χ1) is 9.94. The molecular formula is C15H23FN2O2S. The Kier molecular flexibility index (Phi) is 5.35. The fourth-order valence-electron chi connectivity index (χ4n) is 2.60. The Morgan fingerprint density at radius 1 is 1.24 bits per heavy atom. The Labute approximate surface area is 126 Å². The van der Waals surface area contributed by atoms with Gasteiger partial charge in [-0.15, -0.1) is 0 Å². The van der Waals surface area contributed by atoms with Crippen LogP contribution < -0.4 is 0 Å². The summed E-state index contributed by atoms with van der Waals surface area (Å²) < 4.78 is 39.3. The van der Waals surface area contributed by atoms with Gasteiger partial charge in [-0.3, -0.25) is 4.90 Å². The van der Waals surface area contributed by atoms with Gasteiger partial charge in [0.15, 0.2) is 0 Å². The Morgan fingerprint density at radius 3 is 2.52 bits per heavy atom. The van der Waals surface area contributed by atoms with Crippen molar-refractivity contribution in [3.05, 3.63) is 35.6 Å². The number of likely N-dealkylation sites (N-methyl/N-ethyl adjacent to an activating group) is 1. The summed E-state index contributed by atoms with van der Waals surface area (Å²) in [7, 11) is -1.21. The average molecular weight is 314 g/mol. The number of hydrogen-bond acceptors (Lipinski definition) is 3. The molecule has 0 N–H and O–H groups in total. The number of nitrogens with zero attached hydrogens (tertiary/aromatic N) is 2. The molecule has 0 radical (unpaired) electrons. The molecule has 1 aromatic carbocycles. The first-order valence-corrected chi connectivity index (χ1v) is 8.98. The molecule has 1 saturated heterocycles. The third-order valence-electron chi connectivity index (χ3n) is 4.01. The van der Waals surface area contributed by atoms with Gasteiger partial charge in [-0.25, -0.2) is 12.8 Å². The molecule has 6 heteroatoms. The largest absolute Gasteiger partial charge is 0.297 e. The Balaban J connectivity index is 2.14. The van der Waals surface area contributed by atoms with Crippen LogP contribution in [0.25, 0.3) is 0 Å². The number of halogens is 1. The van der Waals surface area contributed by atoms with E-state index in [1.807, 2.05) is 14.0 Å². The maximum Gasteiger partial charge on any atom is 0.214 e. The molecule has 118 valence electrons. The van der Waals surface area contributed by atoms with E-state index in [1.54, 1.807) is 16.4 Å². The molecule has 1 aliphatic rings. The summed E-state index contributed by atoms with van der Waals surface area (Å²) in [4.78, 5) is 2.12. The van der Waals surface area contributed by atoms with Gasteiger partial charge in [0, 0.05) is 25.7 Å². The molecule has 1 unspecified atom stereocenters. The van der Waals surface area contributed by atoms with Crippen molar-refractivity contribution in [2.45, 2.75) is 25.8 Å². The number of unbranched alkanes of at least 4 members (excludes halogenated alkanes) is 1. The van der Waals surface area contributed by atoms with Crippen LogP contribution in [0, 0.1) is 5.82 Å². The van der Waals surface area contributed by atoms with Crippen molar-refractivity contribution in [1.82, 2.24) is 9.21 Å². The van der Waals surface area contributed by atoms with Crippen LogP contribution in [0.4, 0.5) is 4.39 Å². The Bertz CT molecular complexity index is 560. The van der Waals surface area contributed by atoms with E-state index in [-0.39, 0.29) is 17.6 Å². The van der Waals surface area contributed by atoms with E-state index in [0.717, 1.165) is 12.0 Å². The molecule has 0 spiro atoms. The molecule has 1 heterocycles. The smallest absolute Gasteiger partial charge is 0.214 e. The minimum absolute atomic E-state index is 0.0178. The standard InChI is InChI=1S/C15H23FN2O2S/c1-3-4-11-21(19,20)18-10-9-17(2)15(12-18)13-5-7-14(16)8-6-13/h5-8,15H,3-4,9-12H2,1-2H3. The second-order valence-corrected chi connectivity index (χ2v) is 7.66. The first kappa shape index (κ1) is 16.4. The third-order valence-corrected chi connectivity index (χ3v) is 5.94. The van der Waals surface area contributed by atoms with Crippen molar-refractivity contribution in [2.24, 2.45) is 0 Å². The number of benzene rings is 1.